The van der Waals surface area contributed by atoms with Crippen molar-refractivity contribution in [2.24, 2.45) is 5.73 Å². The Morgan fingerprint density at radius 2 is 1.76 bits per heavy atom. The smallest absolute Gasteiger partial charge is 0.324 e. The van der Waals surface area contributed by atoms with E-state index in [4.69, 9.17) is 10.5 Å². The fourth-order valence-electron chi connectivity index (χ4n) is 5.16. The van der Waals surface area contributed by atoms with Gasteiger partial charge in [-0.05, 0) is 48.7 Å². The quantitative estimate of drug-likeness (QED) is 0.289. The van der Waals surface area contributed by atoms with Crippen LogP contribution in [0.15, 0.2) is 66.4 Å². The molecule has 5 N–H and O–H groups in total. The van der Waals surface area contributed by atoms with Crippen molar-refractivity contribution >= 4 is 35.0 Å². The van der Waals surface area contributed by atoms with Gasteiger partial charge in [-0.25, -0.2) is 9.78 Å². The number of hydrogen-bond acceptors (Lipinski definition) is 6. The van der Waals surface area contributed by atoms with E-state index in [9.17, 15) is 14.4 Å². The zero-order valence-electron chi connectivity index (χ0n) is 23.8. The summed E-state index contributed by atoms with van der Waals surface area (Å²) in [6, 6.07) is 17.3. The minimum absolute atomic E-state index is 0.0383. The maximum Gasteiger partial charge on any atom is 0.324 e. The number of aromatic nitrogens is 2. The van der Waals surface area contributed by atoms with Crippen LogP contribution in [-0.2, 0) is 22.4 Å². The van der Waals surface area contributed by atoms with E-state index < -0.39 is 18.0 Å². The van der Waals surface area contributed by atoms with Crippen molar-refractivity contribution in [1.29, 1.82) is 0 Å². The first-order chi connectivity index (χ1) is 20.4. The Morgan fingerprint density at radius 3 is 2.45 bits per heavy atom. The van der Waals surface area contributed by atoms with Crippen molar-refractivity contribution in [3.8, 4) is 0 Å². The number of primary amides is 1. The lowest BCUT2D eigenvalue weighted by atomic mass is 10.1. The molecule has 3 aromatic rings. The minimum atomic E-state index is -0.780. The Kier molecular flexibility index (Phi) is 9.05. The van der Waals surface area contributed by atoms with Crippen LogP contribution in [0.4, 0.5) is 22.0 Å². The Balaban J connectivity index is 1.13. The number of carbonyl (C=O) groups is 3. The zero-order valence-corrected chi connectivity index (χ0v) is 23.8. The van der Waals surface area contributed by atoms with Crippen LogP contribution in [-0.4, -0.2) is 65.0 Å². The third-order valence-electron chi connectivity index (χ3n) is 7.44. The average Bonchev–Trinajstić information content (AvgIpc) is 3.64. The van der Waals surface area contributed by atoms with Gasteiger partial charge in [0.25, 0.3) is 11.8 Å². The lowest BCUT2D eigenvalue weighted by Crippen LogP contribution is -2.51. The maximum atomic E-state index is 13.1. The molecule has 4 amide bonds. The number of para-hydroxylation sites is 1. The SMILES string of the molecule is CCCCc1ccc(NC(=O)Nc2[nH]c(CC3=CCC(C(=O)N4CCN(c5ccccc5)CC4)O3)nc2C(N)=O)cc1. The van der Waals surface area contributed by atoms with Crippen LogP contribution in [0.25, 0.3) is 0 Å². The standard InChI is InChI=1S/C31H37N7O4/c1-2-3-7-21-10-12-22(13-11-21)33-31(41)36-29-27(28(32)39)34-26(35-29)20-24-14-15-25(42-24)30(40)38-18-16-37(17-19-38)23-8-5-4-6-9-23/h4-6,8-14,25H,2-3,7,15-20H2,1H3,(H2,32,39)(H,34,35)(H2,33,36,41). The summed E-state index contributed by atoms with van der Waals surface area (Å²) in [4.78, 5) is 49.2. The number of rotatable bonds is 10. The highest BCUT2D eigenvalue weighted by atomic mass is 16.5. The van der Waals surface area contributed by atoms with E-state index in [-0.39, 0.29) is 23.8 Å². The third-order valence-corrected chi connectivity index (χ3v) is 7.44. The van der Waals surface area contributed by atoms with Gasteiger partial charge in [0.1, 0.15) is 17.4 Å². The molecule has 1 atom stereocenters. The summed E-state index contributed by atoms with van der Waals surface area (Å²) in [5.74, 6) is 0.230. The molecule has 0 radical (unpaired) electrons. The van der Waals surface area contributed by atoms with Gasteiger partial charge in [-0.3, -0.25) is 14.9 Å². The second kappa shape index (κ2) is 13.2. The van der Waals surface area contributed by atoms with Crippen LogP contribution < -0.4 is 21.3 Å². The molecule has 2 aliphatic rings. The fourth-order valence-corrected chi connectivity index (χ4v) is 5.16. The van der Waals surface area contributed by atoms with Crippen LogP contribution in [0.5, 0.6) is 0 Å². The molecule has 11 nitrogen and oxygen atoms in total. The number of unbranched alkanes of at least 4 members (excludes halogenated alkanes) is 1. The highest BCUT2D eigenvalue weighted by Gasteiger charge is 2.32. The van der Waals surface area contributed by atoms with Gasteiger partial charge in [-0.2, -0.15) is 0 Å². The van der Waals surface area contributed by atoms with Gasteiger partial charge >= 0.3 is 6.03 Å². The molecule has 3 heterocycles. The number of anilines is 3. The number of carbonyl (C=O) groups excluding carboxylic acids is 3. The maximum absolute atomic E-state index is 13.1. The van der Waals surface area contributed by atoms with Gasteiger partial charge in [0.2, 0.25) is 0 Å². The van der Waals surface area contributed by atoms with Crippen LogP contribution in [0.1, 0.15) is 48.1 Å². The number of piperazine rings is 1. The molecule has 220 valence electrons. The number of allylic oxidation sites excluding steroid dienone is 1. The van der Waals surface area contributed by atoms with E-state index in [1.165, 1.54) is 5.56 Å². The van der Waals surface area contributed by atoms with E-state index >= 15 is 0 Å². The number of hydrogen-bond donors (Lipinski definition) is 4. The molecule has 11 heteroatoms. The predicted molar refractivity (Wildman–Crippen MR) is 161 cm³/mol. The predicted octanol–water partition coefficient (Wildman–Crippen LogP) is 4.06. The number of H-pyrrole nitrogens is 1. The summed E-state index contributed by atoms with van der Waals surface area (Å²) in [5, 5.41) is 5.38. The molecule has 0 spiro atoms. The molecular formula is C31H37N7O4. The third kappa shape index (κ3) is 7.09. The number of ether oxygens (including phenoxy) is 1. The number of aromatic amines is 1. The largest absolute Gasteiger partial charge is 0.484 e. The van der Waals surface area contributed by atoms with E-state index in [1.54, 1.807) is 0 Å². The van der Waals surface area contributed by atoms with Crippen molar-refractivity contribution in [2.45, 2.75) is 45.1 Å². The topological polar surface area (TPSA) is 146 Å². The summed E-state index contributed by atoms with van der Waals surface area (Å²) < 4.78 is 5.98. The van der Waals surface area contributed by atoms with Crippen molar-refractivity contribution in [3.05, 3.63) is 83.5 Å². The Morgan fingerprint density at radius 1 is 1.02 bits per heavy atom. The Labute approximate surface area is 245 Å². The summed E-state index contributed by atoms with van der Waals surface area (Å²) >= 11 is 0. The summed E-state index contributed by atoms with van der Waals surface area (Å²) in [5.41, 5.74) is 8.41. The lowest BCUT2D eigenvalue weighted by molar-refractivity contribution is -0.140. The lowest BCUT2D eigenvalue weighted by Gasteiger charge is -2.37. The number of nitrogens with one attached hydrogen (secondary N) is 3. The molecule has 1 aromatic heterocycles. The zero-order chi connectivity index (χ0) is 29.5. The number of urea groups is 1. The van der Waals surface area contributed by atoms with Crippen LogP contribution in [0.3, 0.4) is 0 Å². The molecular weight excluding hydrogens is 534 g/mol. The highest BCUT2D eigenvalue weighted by molar-refractivity contribution is 6.04. The molecule has 2 aliphatic heterocycles. The van der Waals surface area contributed by atoms with E-state index in [2.05, 4.69) is 44.6 Å². The highest BCUT2D eigenvalue weighted by Crippen LogP contribution is 2.24. The first kappa shape index (κ1) is 28.7. The van der Waals surface area contributed by atoms with E-state index in [1.807, 2.05) is 53.4 Å². The molecule has 0 aliphatic carbocycles. The monoisotopic (exact) mass is 571 g/mol. The molecule has 0 bridgehead atoms. The van der Waals surface area contributed by atoms with Crippen LogP contribution in [0.2, 0.25) is 0 Å². The second-order valence-corrected chi connectivity index (χ2v) is 10.5. The average molecular weight is 572 g/mol. The minimum Gasteiger partial charge on any atom is -0.484 e. The van der Waals surface area contributed by atoms with Gasteiger partial charge in [-0.1, -0.05) is 43.7 Å². The normalized spacial score (nSPS) is 16.5. The van der Waals surface area contributed by atoms with Gasteiger partial charge in [0.15, 0.2) is 11.8 Å². The number of nitrogens with zero attached hydrogens (tertiary/aromatic N) is 3. The van der Waals surface area contributed by atoms with Crippen LogP contribution in [0, 0.1) is 0 Å². The molecule has 1 saturated heterocycles. The molecule has 5 rings (SSSR count). The van der Waals surface area contributed by atoms with Gasteiger partial charge in [0.05, 0.1) is 6.42 Å². The molecule has 42 heavy (non-hydrogen) atoms. The summed E-state index contributed by atoms with van der Waals surface area (Å²) in [6.07, 6.45) is 5.16. The van der Waals surface area contributed by atoms with Crippen LogP contribution >= 0.6 is 0 Å². The molecule has 1 unspecified atom stereocenters. The fraction of sp³-hybridized carbons (Fsp3) is 0.355. The van der Waals surface area contributed by atoms with Gasteiger partial charge < -0.3 is 30.6 Å². The number of benzene rings is 2. The first-order valence-electron chi connectivity index (χ1n) is 14.4. The molecule has 0 saturated carbocycles. The van der Waals surface area contributed by atoms with E-state index in [0.717, 1.165) is 38.0 Å². The number of imidazole rings is 1. The van der Waals surface area contributed by atoms with Crippen molar-refractivity contribution < 1.29 is 19.1 Å². The Bertz CT molecular complexity index is 1430. The number of aryl methyl sites for hydroxylation is 1. The first-order valence-corrected chi connectivity index (χ1v) is 14.4. The summed E-state index contributed by atoms with van der Waals surface area (Å²) in [6.45, 7) is 4.93. The van der Waals surface area contributed by atoms with Crippen molar-refractivity contribution in [3.63, 3.8) is 0 Å². The second-order valence-electron chi connectivity index (χ2n) is 10.5. The van der Waals surface area contributed by atoms with Crippen molar-refractivity contribution in [2.75, 3.05) is 41.7 Å². The van der Waals surface area contributed by atoms with E-state index in [0.29, 0.717) is 36.8 Å². The van der Waals surface area contributed by atoms with Crippen molar-refractivity contribution in [1.82, 2.24) is 14.9 Å². The molecule has 1 fully saturated rings. The van der Waals surface area contributed by atoms with Gasteiger partial charge in [0, 0.05) is 44.0 Å². The molecule has 2 aromatic carbocycles. The van der Waals surface area contributed by atoms with Gasteiger partial charge in [-0.15, -0.1) is 0 Å². The number of amides is 4. The summed E-state index contributed by atoms with van der Waals surface area (Å²) in [7, 11) is 0. The Hall–Kier alpha value is -4.80. The number of nitrogens with two attached hydrogens (primary N) is 1.